The van der Waals surface area contributed by atoms with Crippen LogP contribution in [0.1, 0.15) is 19.8 Å². The molecule has 0 bridgehead atoms. The van der Waals surface area contributed by atoms with E-state index in [2.05, 4.69) is 0 Å². The van der Waals surface area contributed by atoms with Gasteiger partial charge >= 0.3 is 6.18 Å². The van der Waals surface area contributed by atoms with Crippen LogP contribution < -0.4 is 0 Å². The molecule has 0 aromatic carbocycles. The molecule has 0 aromatic rings. The lowest BCUT2D eigenvalue weighted by molar-refractivity contribution is -0.146. The Morgan fingerprint density at radius 1 is 1.38 bits per heavy atom. The van der Waals surface area contributed by atoms with Gasteiger partial charge in [-0.3, -0.25) is 4.79 Å². The molecule has 1 fully saturated rings. The normalized spacial score (nSPS) is 19.6. The molecule has 1 atom stereocenters. The van der Waals surface area contributed by atoms with Crippen LogP contribution in [0, 0.1) is 5.92 Å². The van der Waals surface area contributed by atoms with Crippen LogP contribution in [0.25, 0.3) is 0 Å². The van der Waals surface area contributed by atoms with Gasteiger partial charge in [0.05, 0.1) is 13.2 Å². The van der Waals surface area contributed by atoms with Crippen LogP contribution in [0.5, 0.6) is 0 Å². The number of hydrogen-bond donors (Lipinski definition) is 0. The summed E-state index contributed by atoms with van der Waals surface area (Å²) in [6.07, 6.45) is -5.22. The van der Waals surface area contributed by atoms with E-state index in [0.29, 0.717) is 26.3 Å². The Morgan fingerprint density at radius 2 is 1.94 bits per heavy atom. The zero-order valence-corrected chi connectivity index (χ0v) is 9.22. The first-order chi connectivity index (χ1) is 7.40. The average molecular weight is 239 g/mol. The third-order valence-corrected chi connectivity index (χ3v) is 2.61. The van der Waals surface area contributed by atoms with Crippen molar-refractivity contribution >= 4 is 5.91 Å². The lowest BCUT2D eigenvalue weighted by Crippen LogP contribution is -2.43. The third-order valence-electron chi connectivity index (χ3n) is 2.61. The average Bonchev–Trinajstić information content (AvgIpc) is 2.25. The van der Waals surface area contributed by atoms with Crippen LogP contribution in [0.3, 0.4) is 0 Å². The summed E-state index contributed by atoms with van der Waals surface area (Å²) in [6.45, 7) is 3.45. The molecule has 1 unspecified atom stereocenters. The number of carbonyl (C=O) groups excluding carboxylic acids is 1. The molecule has 94 valence electrons. The van der Waals surface area contributed by atoms with E-state index in [1.165, 1.54) is 0 Å². The lowest BCUT2D eigenvalue weighted by Gasteiger charge is -2.29. The second kappa shape index (κ2) is 5.52. The van der Waals surface area contributed by atoms with Crippen molar-refractivity contribution in [2.24, 2.45) is 5.92 Å². The second-order valence-electron chi connectivity index (χ2n) is 3.99. The molecule has 0 aromatic heterocycles. The molecule has 1 saturated heterocycles. The fourth-order valence-corrected chi connectivity index (χ4v) is 1.60. The Hall–Kier alpha value is -0.780. The van der Waals surface area contributed by atoms with Gasteiger partial charge in [-0.15, -0.1) is 0 Å². The SMILES string of the molecule is CC(CCC(F)(F)F)C(=O)N1CCOCC1. The zero-order valence-electron chi connectivity index (χ0n) is 9.22. The van der Waals surface area contributed by atoms with Gasteiger partial charge in [0, 0.05) is 25.4 Å². The maximum Gasteiger partial charge on any atom is 0.389 e. The molecule has 3 nitrogen and oxygen atoms in total. The molecule has 1 amide bonds. The molecule has 0 saturated carbocycles. The zero-order chi connectivity index (χ0) is 12.2. The van der Waals surface area contributed by atoms with Crippen molar-refractivity contribution in [2.75, 3.05) is 26.3 Å². The summed E-state index contributed by atoms with van der Waals surface area (Å²) in [6, 6.07) is 0. The van der Waals surface area contributed by atoms with Crippen molar-refractivity contribution in [3.8, 4) is 0 Å². The minimum absolute atomic E-state index is 0.139. The van der Waals surface area contributed by atoms with Crippen molar-refractivity contribution in [1.29, 1.82) is 0 Å². The molecule has 6 heteroatoms. The van der Waals surface area contributed by atoms with Crippen LogP contribution in [-0.2, 0) is 9.53 Å². The van der Waals surface area contributed by atoms with Gasteiger partial charge in [0.2, 0.25) is 5.91 Å². The maximum absolute atomic E-state index is 12.0. The molecule has 0 spiro atoms. The van der Waals surface area contributed by atoms with Gasteiger partial charge in [-0.1, -0.05) is 6.92 Å². The smallest absolute Gasteiger partial charge is 0.378 e. The predicted molar refractivity (Wildman–Crippen MR) is 51.9 cm³/mol. The van der Waals surface area contributed by atoms with Gasteiger partial charge < -0.3 is 9.64 Å². The van der Waals surface area contributed by atoms with E-state index in [9.17, 15) is 18.0 Å². The molecule has 0 aliphatic carbocycles. The first-order valence-electron chi connectivity index (χ1n) is 5.33. The monoisotopic (exact) mass is 239 g/mol. The molecule has 1 aliphatic heterocycles. The minimum Gasteiger partial charge on any atom is -0.378 e. The summed E-state index contributed by atoms with van der Waals surface area (Å²) in [5, 5.41) is 0. The van der Waals surface area contributed by atoms with E-state index in [4.69, 9.17) is 4.74 Å². The summed E-state index contributed by atoms with van der Waals surface area (Å²) >= 11 is 0. The quantitative estimate of drug-likeness (QED) is 0.752. The molecular formula is C10H16F3NO2. The van der Waals surface area contributed by atoms with Crippen LogP contribution in [0.15, 0.2) is 0 Å². The first-order valence-corrected chi connectivity index (χ1v) is 5.33. The van der Waals surface area contributed by atoms with Gasteiger partial charge in [0.25, 0.3) is 0 Å². The number of ether oxygens (including phenoxy) is 1. The van der Waals surface area contributed by atoms with E-state index in [1.54, 1.807) is 11.8 Å². The highest BCUT2D eigenvalue weighted by atomic mass is 19.4. The lowest BCUT2D eigenvalue weighted by atomic mass is 10.0. The Morgan fingerprint density at radius 3 is 2.44 bits per heavy atom. The van der Waals surface area contributed by atoms with Crippen molar-refractivity contribution in [3.63, 3.8) is 0 Å². The number of alkyl halides is 3. The number of halogens is 3. The summed E-state index contributed by atoms with van der Waals surface area (Å²) in [5.74, 6) is -0.771. The number of rotatable bonds is 3. The molecule has 16 heavy (non-hydrogen) atoms. The second-order valence-corrected chi connectivity index (χ2v) is 3.99. The van der Waals surface area contributed by atoms with Crippen LogP contribution in [0.4, 0.5) is 13.2 Å². The van der Waals surface area contributed by atoms with Crippen molar-refractivity contribution < 1.29 is 22.7 Å². The van der Waals surface area contributed by atoms with Gasteiger partial charge in [-0.05, 0) is 6.42 Å². The Kier molecular flexibility index (Phi) is 4.58. The molecule has 0 N–H and O–H groups in total. The van der Waals surface area contributed by atoms with Crippen molar-refractivity contribution in [2.45, 2.75) is 25.9 Å². The van der Waals surface area contributed by atoms with Crippen LogP contribution in [0.2, 0.25) is 0 Å². The highest BCUT2D eigenvalue weighted by Gasteiger charge is 2.30. The van der Waals surface area contributed by atoms with Crippen LogP contribution in [-0.4, -0.2) is 43.3 Å². The number of carbonyl (C=O) groups is 1. The highest BCUT2D eigenvalue weighted by molar-refractivity contribution is 5.78. The van der Waals surface area contributed by atoms with Gasteiger partial charge in [0.1, 0.15) is 0 Å². The van der Waals surface area contributed by atoms with E-state index < -0.39 is 18.5 Å². The number of hydrogen-bond acceptors (Lipinski definition) is 2. The molecule has 1 heterocycles. The van der Waals surface area contributed by atoms with Crippen molar-refractivity contribution in [3.05, 3.63) is 0 Å². The Bertz CT molecular complexity index is 237. The largest absolute Gasteiger partial charge is 0.389 e. The highest BCUT2D eigenvalue weighted by Crippen LogP contribution is 2.24. The fourth-order valence-electron chi connectivity index (χ4n) is 1.60. The molecule has 0 radical (unpaired) electrons. The molecule has 1 aliphatic rings. The number of morpholine rings is 1. The molecule has 1 rings (SSSR count). The summed E-state index contributed by atoms with van der Waals surface area (Å²) in [5.41, 5.74) is 0. The maximum atomic E-state index is 12.0. The van der Waals surface area contributed by atoms with Gasteiger partial charge in [-0.2, -0.15) is 13.2 Å². The summed E-state index contributed by atoms with van der Waals surface area (Å²) in [4.78, 5) is 13.3. The molecular weight excluding hydrogens is 223 g/mol. The van der Waals surface area contributed by atoms with E-state index in [-0.39, 0.29) is 12.3 Å². The standard InChI is InChI=1S/C10H16F3NO2/c1-8(2-3-10(11,12)13)9(15)14-4-6-16-7-5-14/h8H,2-7H2,1H3. The summed E-state index contributed by atoms with van der Waals surface area (Å²) < 4.78 is 41.0. The number of amides is 1. The Labute approximate surface area is 92.5 Å². The van der Waals surface area contributed by atoms with Gasteiger partial charge in [0.15, 0.2) is 0 Å². The van der Waals surface area contributed by atoms with Crippen LogP contribution >= 0.6 is 0 Å². The third kappa shape index (κ3) is 4.38. The van der Waals surface area contributed by atoms with Gasteiger partial charge in [-0.25, -0.2) is 0 Å². The minimum atomic E-state index is -4.18. The Balaban J connectivity index is 2.34. The fraction of sp³-hybridized carbons (Fsp3) is 0.900. The van der Waals surface area contributed by atoms with Crippen molar-refractivity contribution in [1.82, 2.24) is 4.90 Å². The predicted octanol–water partition coefficient (Wildman–Crippen LogP) is 1.82. The van der Waals surface area contributed by atoms with E-state index in [1.807, 2.05) is 0 Å². The van der Waals surface area contributed by atoms with E-state index >= 15 is 0 Å². The first kappa shape index (κ1) is 13.3. The van der Waals surface area contributed by atoms with E-state index in [0.717, 1.165) is 0 Å². The summed E-state index contributed by atoms with van der Waals surface area (Å²) in [7, 11) is 0. The topological polar surface area (TPSA) is 29.5 Å². The number of nitrogens with zero attached hydrogens (tertiary/aromatic N) is 1.